The van der Waals surface area contributed by atoms with Crippen LogP contribution in [0.1, 0.15) is 36.6 Å². The van der Waals surface area contributed by atoms with Gasteiger partial charge in [-0.1, -0.05) is 30.3 Å². The number of benzene rings is 2. The molecule has 32 heavy (non-hydrogen) atoms. The lowest BCUT2D eigenvalue weighted by atomic mass is 10.0. The molecule has 0 aromatic heterocycles. The van der Waals surface area contributed by atoms with E-state index in [9.17, 15) is 0 Å². The largest absolute Gasteiger partial charge is 0.496 e. The molecule has 2 aromatic carbocycles. The second-order valence-corrected chi connectivity index (χ2v) is 7.16. The summed E-state index contributed by atoms with van der Waals surface area (Å²) in [6, 6.07) is 11.8. The van der Waals surface area contributed by atoms with Gasteiger partial charge in [-0.25, -0.2) is 0 Å². The van der Waals surface area contributed by atoms with Gasteiger partial charge >= 0.3 is 0 Å². The topological polar surface area (TPSA) is 67.4 Å². The zero-order valence-electron chi connectivity index (χ0n) is 20.1. The van der Waals surface area contributed by atoms with Crippen molar-refractivity contribution in [3.8, 4) is 17.2 Å². The molecule has 0 amide bonds. The Labute approximate surface area is 191 Å². The predicted molar refractivity (Wildman–Crippen MR) is 125 cm³/mol. The maximum absolute atomic E-state index is 6.08. The molecular weight excluding hydrogens is 410 g/mol. The molecule has 0 aliphatic rings. The molecule has 1 atom stereocenters. The zero-order chi connectivity index (χ0) is 23.3. The highest BCUT2D eigenvalue weighted by molar-refractivity contribution is 5.58. The number of ether oxygens (including phenoxy) is 6. The smallest absolute Gasteiger partial charge is 0.169 e. The highest BCUT2D eigenvalue weighted by Crippen LogP contribution is 2.42. The Morgan fingerprint density at radius 1 is 0.875 bits per heavy atom. The molecule has 7 nitrogen and oxygen atoms in total. The minimum atomic E-state index is -0.359. The lowest BCUT2D eigenvalue weighted by molar-refractivity contribution is -0.134. The molecule has 0 radical (unpaired) electrons. The van der Waals surface area contributed by atoms with Crippen LogP contribution in [0, 0.1) is 6.92 Å². The van der Waals surface area contributed by atoms with Crippen molar-refractivity contribution < 1.29 is 28.4 Å². The van der Waals surface area contributed by atoms with E-state index < -0.39 is 0 Å². The van der Waals surface area contributed by atoms with Crippen LogP contribution in [0.4, 0.5) is 0 Å². The Kier molecular flexibility index (Phi) is 11.3. The van der Waals surface area contributed by atoms with Crippen LogP contribution < -0.4 is 19.5 Å². The van der Waals surface area contributed by atoms with Gasteiger partial charge in [-0.2, -0.15) is 0 Å². The minimum Gasteiger partial charge on any atom is -0.496 e. The average molecular weight is 448 g/mol. The number of hydrogen-bond acceptors (Lipinski definition) is 7. The minimum absolute atomic E-state index is 0.208. The Morgan fingerprint density at radius 3 is 2.09 bits per heavy atom. The van der Waals surface area contributed by atoms with E-state index in [1.165, 1.54) is 0 Å². The van der Waals surface area contributed by atoms with Crippen molar-refractivity contribution in [2.45, 2.75) is 39.7 Å². The Hall–Kier alpha value is -2.32. The molecule has 178 valence electrons. The van der Waals surface area contributed by atoms with Crippen molar-refractivity contribution >= 4 is 0 Å². The maximum Gasteiger partial charge on any atom is 0.169 e. The Balaban J connectivity index is 2.31. The van der Waals surface area contributed by atoms with E-state index in [-0.39, 0.29) is 12.3 Å². The molecular formula is C25H37NO6. The van der Waals surface area contributed by atoms with Crippen molar-refractivity contribution in [1.29, 1.82) is 0 Å². The van der Waals surface area contributed by atoms with E-state index in [2.05, 4.69) is 5.32 Å². The number of rotatable bonds is 15. The molecule has 0 bridgehead atoms. The van der Waals surface area contributed by atoms with Crippen molar-refractivity contribution in [3.05, 3.63) is 53.1 Å². The highest BCUT2D eigenvalue weighted by Gasteiger charge is 2.25. The van der Waals surface area contributed by atoms with E-state index in [1.54, 1.807) is 21.3 Å². The average Bonchev–Trinajstić information content (AvgIpc) is 2.81. The van der Waals surface area contributed by atoms with Crippen LogP contribution in [0.2, 0.25) is 0 Å². The summed E-state index contributed by atoms with van der Waals surface area (Å²) >= 11 is 0. The van der Waals surface area contributed by atoms with Gasteiger partial charge in [0.1, 0.15) is 5.75 Å². The SMILES string of the molecule is CCOC(CNC(COCc1ccccc1)c1cc(OC)c(C)c(OC)c1OC)OCC. The maximum atomic E-state index is 6.08. The first-order valence-corrected chi connectivity index (χ1v) is 11.0. The fraction of sp³-hybridized carbons (Fsp3) is 0.520. The standard InChI is InChI=1S/C25H37NO6/c1-7-31-23(32-8-2)15-26-21(17-30-16-19-12-10-9-11-13-19)20-14-22(27-4)18(3)24(28-5)25(20)29-6/h9-14,21,23,26H,7-8,15-17H2,1-6H3. The van der Waals surface area contributed by atoms with Crippen LogP contribution in [-0.4, -0.2) is 54.0 Å². The van der Waals surface area contributed by atoms with Crippen LogP contribution in [0.5, 0.6) is 17.2 Å². The molecule has 0 spiro atoms. The van der Waals surface area contributed by atoms with Gasteiger partial charge < -0.3 is 33.7 Å². The quantitative estimate of drug-likeness (QED) is 0.409. The zero-order valence-corrected chi connectivity index (χ0v) is 20.1. The summed E-state index contributed by atoms with van der Waals surface area (Å²) in [5.74, 6) is 2.01. The summed E-state index contributed by atoms with van der Waals surface area (Å²) in [7, 11) is 4.91. The van der Waals surface area contributed by atoms with E-state index in [4.69, 9.17) is 28.4 Å². The lowest BCUT2D eigenvalue weighted by Gasteiger charge is -2.26. The molecule has 1 N–H and O–H groups in total. The number of methoxy groups -OCH3 is 3. The van der Waals surface area contributed by atoms with Gasteiger partial charge in [0.05, 0.1) is 40.6 Å². The van der Waals surface area contributed by atoms with E-state index in [0.29, 0.717) is 44.5 Å². The van der Waals surface area contributed by atoms with Crippen molar-refractivity contribution in [1.82, 2.24) is 5.32 Å². The molecule has 0 fully saturated rings. The van der Waals surface area contributed by atoms with Crippen LogP contribution >= 0.6 is 0 Å². The van der Waals surface area contributed by atoms with E-state index in [0.717, 1.165) is 22.4 Å². The second kappa shape index (κ2) is 14.0. The van der Waals surface area contributed by atoms with Crippen LogP contribution in [-0.2, 0) is 20.8 Å². The van der Waals surface area contributed by atoms with Gasteiger partial charge in [-0.05, 0) is 32.4 Å². The van der Waals surface area contributed by atoms with Gasteiger partial charge in [0, 0.05) is 30.9 Å². The molecule has 2 aromatic rings. The van der Waals surface area contributed by atoms with Crippen LogP contribution in [0.25, 0.3) is 0 Å². The van der Waals surface area contributed by atoms with Crippen molar-refractivity contribution in [3.63, 3.8) is 0 Å². The monoisotopic (exact) mass is 447 g/mol. The number of nitrogens with one attached hydrogen (secondary N) is 1. The fourth-order valence-electron chi connectivity index (χ4n) is 3.56. The summed E-state index contributed by atoms with van der Waals surface area (Å²) in [6.45, 7) is 8.37. The molecule has 0 aliphatic carbocycles. The lowest BCUT2D eigenvalue weighted by Crippen LogP contribution is -2.36. The van der Waals surface area contributed by atoms with Gasteiger partial charge in [0.2, 0.25) is 0 Å². The van der Waals surface area contributed by atoms with E-state index in [1.807, 2.05) is 57.2 Å². The predicted octanol–water partition coefficient (Wildman–Crippen LogP) is 4.27. The molecule has 1 unspecified atom stereocenters. The summed E-state index contributed by atoms with van der Waals surface area (Å²) in [6.07, 6.45) is -0.359. The summed E-state index contributed by atoms with van der Waals surface area (Å²) < 4.78 is 34.5. The van der Waals surface area contributed by atoms with Gasteiger partial charge in [0.15, 0.2) is 17.8 Å². The molecule has 0 saturated heterocycles. The summed E-state index contributed by atoms with van der Waals surface area (Å²) in [4.78, 5) is 0. The van der Waals surface area contributed by atoms with Crippen LogP contribution in [0.15, 0.2) is 36.4 Å². The molecule has 2 rings (SSSR count). The third kappa shape index (κ3) is 7.10. The third-order valence-corrected chi connectivity index (χ3v) is 5.10. The first kappa shape index (κ1) is 25.9. The Morgan fingerprint density at radius 2 is 1.53 bits per heavy atom. The first-order chi connectivity index (χ1) is 15.6. The van der Waals surface area contributed by atoms with Gasteiger partial charge in [-0.3, -0.25) is 0 Å². The molecule has 0 saturated carbocycles. The number of hydrogen-bond donors (Lipinski definition) is 1. The molecule has 0 aliphatic heterocycles. The normalized spacial score (nSPS) is 12.1. The van der Waals surface area contributed by atoms with Crippen molar-refractivity contribution in [2.75, 3.05) is 47.7 Å². The van der Waals surface area contributed by atoms with Gasteiger partial charge in [0.25, 0.3) is 0 Å². The van der Waals surface area contributed by atoms with E-state index >= 15 is 0 Å². The highest BCUT2D eigenvalue weighted by atomic mass is 16.7. The first-order valence-electron chi connectivity index (χ1n) is 11.0. The fourth-order valence-corrected chi connectivity index (χ4v) is 3.56. The van der Waals surface area contributed by atoms with Crippen molar-refractivity contribution in [2.24, 2.45) is 0 Å². The third-order valence-electron chi connectivity index (χ3n) is 5.10. The summed E-state index contributed by atoms with van der Waals surface area (Å²) in [5.41, 5.74) is 2.87. The van der Waals surface area contributed by atoms with Gasteiger partial charge in [-0.15, -0.1) is 0 Å². The molecule has 0 heterocycles. The summed E-state index contributed by atoms with van der Waals surface area (Å²) in [5, 5.41) is 3.52. The second-order valence-electron chi connectivity index (χ2n) is 7.16. The molecule has 7 heteroatoms. The van der Waals surface area contributed by atoms with Crippen LogP contribution in [0.3, 0.4) is 0 Å². The Bertz CT molecular complexity index is 793.